The molecule has 2 N–H and O–H groups in total. The standard InChI is InChI=1S/C23H27FN2O2/c1-14-9-8-12-18-19(13-20(24)21(14)18)17-11-7-6-10-16(17)15(2)25-26-22(27)28-23(3,4)5/h6-13,15,19,25H,1-5H3,(H,26,27)/t15-,19?/m0/s1. The number of allylic oxidation sites excluding steroid dienone is 1. The van der Waals surface area contributed by atoms with E-state index in [9.17, 15) is 9.18 Å². The average molecular weight is 382 g/mol. The molecule has 0 aliphatic heterocycles. The number of carbonyl (C=O) groups excluding carboxylic acids is 1. The maximum atomic E-state index is 14.6. The molecule has 0 bridgehead atoms. The van der Waals surface area contributed by atoms with E-state index >= 15 is 0 Å². The van der Waals surface area contributed by atoms with Crippen molar-refractivity contribution in [2.24, 2.45) is 0 Å². The summed E-state index contributed by atoms with van der Waals surface area (Å²) in [6.45, 7) is 9.31. The summed E-state index contributed by atoms with van der Waals surface area (Å²) >= 11 is 0. The first-order chi connectivity index (χ1) is 13.2. The number of aryl methyl sites for hydroxylation is 1. The van der Waals surface area contributed by atoms with Gasteiger partial charge in [-0.1, -0.05) is 42.5 Å². The van der Waals surface area contributed by atoms with Crippen molar-refractivity contribution in [2.75, 3.05) is 0 Å². The lowest BCUT2D eigenvalue weighted by Crippen LogP contribution is -2.42. The van der Waals surface area contributed by atoms with Gasteiger partial charge in [0.05, 0.1) is 0 Å². The largest absolute Gasteiger partial charge is 0.443 e. The van der Waals surface area contributed by atoms with E-state index in [2.05, 4.69) is 10.9 Å². The molecule has 148 valence electrons. The zero-order valence-electron chi connectivity index (χ0n) is 17.0. The fraction of sp³-hybridized carbons (Fsp3) is 0.348. The summed E-state index contributed by atoms with van der Waals surface area (Å²) in [5, 5.41) is 0. The van der Waals surface area contributed by atoms with Crippen molar-refractivity contribution in [3.63, 3.8) is 0 Å². The first-order valence-electron chi connectivity index (χ1n) is 9.48. The molecule has 28 heavy (non-hydrogen) atoms. The summed E-state index contributed by atoms with van der Waals surface area (Å²) in [6.07, 6.45) is 1.13. The van der Waals surface area contributed by atoms with Crippen molar-refractivity contribution >= 4 is 11.9 Å². The fourth-order valence-corrected chi connectivity index (χ4v) is 3.59. The van der Waals surface area contributed by atoms with Crippen LogP contribution in [-0.4, -0.2) is 11.7 Å². The average Bonchev–Trinajstić information content (AvgIpc) is 2.96. The SMILES string of the molecule is Cc1cccc2c1C(F)=CC2c1ccccc1[C@H](C)NNC(=O)OC(C)(C)C. The second-order valence-electron chi connectivity index (χ2n) is 8.15. The third kappa shape index (κ3) is 4.25. The van der Waals surface area contributed by atoms with E-state index in [4.69, 9.17) is 4.74 Å². The monoisotopic (exact) mass is 382 g/mol. The molecule has 1 unspecified atom stereocenters. The maximum absolute atomic E-state index is 14.6. The van der Waals surface area contributed by atoms with Crippen molar-refractivity contribution in [1.29, 1.82) is 0 Å². The van der Waals surface area contributed by atoms with E-state index in [1.54, 1.807) is 6.08 Å². The Morgan fingerprint density at radius 1 is 1.11 bits per heavy atom. The minimum Gasteiger partial charge on any atom is -0.443 e. The van der Waals surface area contributed by atoms with Gasteiger partial charge < -0.3 is 4.74 Å². The summed E-state index contributed by atoms with van der Waals surface area (Å²) in [5.74, 6) is -0.336. The molecule has 0 radical (unpaired) electrons. The highest BCUT2D eigenvalue weighted by Gasteiger charge is 2.28. The number of ether oxygens (including phenoxy) is 1. The predicted molar refractivity (Wildman–Crippen MR) is 109 cm³/mol. The molecule has 4 nitrogen and oxygen atoms in total. The number of benzene rings is 2. The van der Waals surface area contributed by atoms with Crippen LogP contribution in [0.2, 0.25) is 0 Å². The number of hydrazine groups is 1. The Kier molecular flexibility index (Phi) is 5.57. The van der Waals surface area contributed by atoms with E-state index in [-0.39, 0.29) is 17.8 Å². The van der Waals surface area contributed by atoms with E-state index in [1.807, 2.05) is 77.1 Å². The molecule has 1 aliphatic rings. The smallest absolute Gasteiger partial charge is 0.422 e. The highest BCUT2D eigenvalue weighted by molar-refractivity contribution is 5.74. The molecule has 0 fully saturated rings. The van der Waals surface area contributed by atoms with E-state index in [0.717, 1.165) is 22.3 Å². The van der Waals surface area contributed by atoms with Gasteiger partial charge in [-0.25, -0.2) is 14.6 Å². The van der Waals surface area contributed by atoms with Gasteiger partial charge in [0.1, 0.15) is 11.4 Å². The number of fused-ring (bicyclic) bond motifs is 1. The van der Waals surface area contributed by atoms with Crippen LogP contribution in [0.15, 0.2) is 48.5 Å². The van der Waals surface area contributed by atoms with Gasteiger partial charge in [-0.3, -0.25) is 5.43 Å². The summed E-state index contributed by atoms with van der Waals surface area (Å²) in [5.41, 5.74) is 9.60. The van der Waals surface area contributed by atoms with E-state index in [0.29, 0.717) is 5.56 Å². The minimum absolute atomic E-state index is 0.156. The number of hydrogen-bond acceptors (Lipinski definition) is 3. The van der Waals surface area contributed by atoms with Crippen LogP contribution in [0.3, 0.4) is 0 Å². The van der Waals surface area contributed by atoms with Crippen LogP contribution < -0.4 is 10.9 Å². The van der Waals surface area contributed by atoms with Gasteiger partial charge in [-0.05, 0) is 62.9 Å². The van der Waals surface area contributed by atoms with Crippen LogP contribution in [-0.2, 0) is 4.74 Å². The van der Waals surface area contributed by atoms with E-state index in [1.165, 1.54) is 0 Å². The lowest BCUT2D eigenvalue weighted by Gasteiger charge is -2.24. The molecular formula is C23H27FN2O2. The molecule has 2 aromatic carbocycles. The van der Waals surface area contributed by atoms with Gasteiger partial charge in [0.2, 0.25) is 0 Å². The lowest BCUT2D eigenvalue weighted by molar-refractivity contribution is 0.0489. The molecule has 0 heterocycles. The molecule has 1 amide bonds. The second kappa shape index (κ2) is 7.76. The number of halogens is 1. The molecule has 0 aromatic heterocycles. The Labute approximate surface area is 165 Å². The van der Waals surface area contributed by atoms with Crippen molar-refractivity contribution in [3.8, 4) is 0 Å². The number of nitrogens with one attached hydrogen (secondary N) is 2. The van der Waals surface area contributed by atoms with Crippen LogP contribution in [0.25, 0.3) is 5.83 Å². The van der Waals surface area contributed by atoms with Crippen molar-refractivity contribution < 1.29 is 13.9 Å². The number of hydrogen-bond donors (Lipinski definition) is 2. The first kappa shape index (κ1) is 20.1. The van der Waals surface area contributed by atoms with Gasteiger partial charge in [0.25, 0.3) is 0 Å². The summed E-state index contributed by atoms with van der Waals surface area (Å²) in [4.78, 5) is 11.9. The summed E-state index contributed by atoms with van der Waals surface area (Å²) in [6, 6.07) is 13.6. The van der Waals surface area contributed by atoms with Gasteiger partial charge in [-0.2, -0.15) is 0 Å². The normalized spacial score (nSPS) is 16.9. The van der Waals surface area contributed by atoms with Gasteiger partial charge in [0, 0.05) is 17.5 Å². The van der Waals surface area contributed by atoms with Crippen LogP contribution in [0.5, 0.6) is 0 Å². The molecule has 2 atom stereocenters. The summed E-state index contributed by atoms with van der Waals surface area (Å²) < 4.78 is 19.9. The van der Waals surface area contributed by atoms with E-state index < -0.39 is 11.7 Å². The highest BCUT2D eigenvalue weighted by atomic mass is 19.1. The van der Waals surface area contributed by atoms with Crippen LogP contribution in [0, 0.1) is 6.92 Å². The second-order valence-corrected chi connectivity index (χ2v) is 8.15. The Balaban J connectivity index is 1.83. The Morgan fingerprint density at radius 2 is 1.79 bits per heavy atom. The maximum Gasteiger partial charge on any atom is 0.422 e. The predicted octanol–water partition coefficient (Wildman–Crippen LogP) is 5.54. The third-order valence-electron chi connectivity index (χ3n) is 4.78. The molecule has 0 spiro atoms. The van der Waals surface area contributed by atoms with Crippen LogP contribution in [0.1, 0.15) is 67.5 Å². The van der Waals surface area contributed by atoms with Gasteiger partial charge in [-0.15, -0.1) is 0 Å². The zero-order chi connectivity index (χ0) is 20.5. The highest BCUT2D eigenvalue weighted by Crippen LogP contribution is 2.43. The number of carbonyl (C=O) groups is 1. The van der Waals surface area contributed by atoms with Crippen molar-refractivity contribution in [1.82, 2.24) is 10.9 Å². The Hall–Kier alpha value is -2.66. The Bertz CT molecular complexity index is 915. The topological polar surface area (TPSA) is 50.4 Å². The zero-order valence-corrected chi connectivity index (χ0v) is 17.0. The van der Waals surface area contributed by atoms with Crippen LogP contribution >= 0.6 is 0 Å². The molecule has 0 saturated heterocycles. The fourth-order valence-electron chi connectivity index (χ4n) is 3.59. The van der Waals surface area contributed by atoms with Crippen LogP contribution in [0.4, 0.5) is 9.18 Å². The van der Waals surface area contributed by atoms with Gasteiger partial charge in [0.15, 0.2) is 0 Å². The third-order valence-corrected chi connectivity index (χ3v) is 4.78. The Morgan fingerprint density at radius 3 is 2.50 bits per heavy atom. The van der Waals surface area contributed by atoms with Gasteiger partial charge >= 0.3 is 6.09 Å². The molecule has 2 aromatic rings. The molecule has 5 heteroatoms. The number of amides is 1. The van der Waals surface area contributed by atoms with Crippen molar-refractivity contribution in [2.45, 2.75) is 52.2 Å². The molecule has 0 saturated carbocycles. The van der Waals surface area contributed by atoms with Crippen molar-refractivity contribution in [3.05, 3.63) is 76.4 Å². The molecule has 1 aliphatic carbocycles. The summed E-state index contributed by atoms with van der Waals surface area (Å²) in [7, 11) is 0. The molecule has 3 rings (SSSR count). The first-order valence-corrected chi connectivity index (χ1v) is 9.48. The quantitative estimate of drug-likeness (QED) is 0.683. The molecular weight excluding hydrogens is 355 g/mol. The number of rotatable bonds is 4. The lowest BCUT2D eigenvalue weighted by atomic mass is 9.87. The minimum atomic E-state index is -0.569.